The monoisotopic (exact) mass is 403 g/mol. The first-order chi connectivity index (χ1) is 14.5. The summed E-state index contributed by atoms with van der Waals surface area (Å²) in [6, 6.07) is 16.3. The molecule has 0 radical (unpaired) electrons. The number of para-hydroxylation sites is 2. The normalized spacial score (nSPS) is 15.4. The van der Waals surface area contributed by atoms with Crippen molar-refractivity contribution in [2.75, 3.05) is 4.90 Å². The van der Waals surface area contributed by atoms with Crippen LogP contribution in [0.1, 0.15) is 5.76 Å². The molecule has 0 atom stereocenters. The highest BCUT2D eigenvalue weighted by Gasteiger charge is 2.37. The zero-order valence-electron chi connectivity index (χ0n) is 15.3. The summed E-state index contributed by atoms with van der Waals surface area (Å²) in [7, 11) is 0. The number of urea groups is 1. The molecule has 0 saturated carbocycles. The number of carbonyl (C=O) groups excluding carboxylic acids is 3. The molecule has 30 heavy (non-hydrogen) atoms. The molecule has 1 fully saturated rings. The van der Waals surface area contributed by atoms with E-state index in [1.54, 1.807) is 36.4 Å². The SMILES string of the molecule is O=C1NC(=O)N(c2ccccc2)C(=O)C1=Cc1ccc(-c2ccccc2[N+](=O)[O-])o1. The number of hydrogen-bond acceptors (Lipinski definition) is 6. The summed E-state index contributed by atoms with van der Waals surface area (Å²) < 4.78 is 5.61. The van der Waals surface area contributed by atoms with Crippen LogP contribution in [0.15, 0.2) is 76.7 Å². The van der Waals surface area contributed by atoms with Crippen molar-refractivity contribution in [2.24, 2.45) is 0 Å². The van der Waals surface area contributed by atoms with E-state index in [4.69, 9.17) is 4.42 Å². The van der Waals surface area contributed by atoms with E-state index in [9.17, 15) is 24.5 Å². The van der Waals surface area contributed by atoms with Gasteiger partial charge in [-0.1, -0.05) is 30.3 Å². The Kier molecular flexibility index (Phi) is 4.69. The molecule has 9 nitrogen and oxygen atoms in total. The molecule has 1 saturated heterocycles. The maximum absolute atomic E-state index is 12.8. The molecule has 1 aromatic heterocycles. The van der Waals surface area contributed by atoms with Crippen LogP contribution in [-0.4, -0.2) is 22.8 Å². The molecular formula is C21H13N3O6. The fraction of sp³-hybridized carbons (Fsp3) is 0. The molecule has 4 amide bonds. The third kappa shape index (κ3) is 3.35. The van der Waals surface area contributed by atoms with Gasteiger partial charge in [-0.05, 0) is 36.4 Å². The average molecular weight is 403 g/mol. The summed E-state index contributed by atoms with van der Waals surface area (Å²) in [6.07, 6.45) is 1.19. The van der Waals surface area contributed by atoms with E-state index < -0.39 is 22.8 Å². The van der Waals surface area contributed by atoms with Gasteiger partial charge in [-0.2, -0.15) is 0 Å². The number of anilines is 1. The van der Waals surface area contributed by atoms with E-state index in [0.29, 0.717) is 5.69 Å². The Balaban J connectivity index is 1.70. The predicted octanol–water partition coefficient (Wildman–Crippen LogP) is 3.52. The van der Waals surface area contributed by atoms with Gasteiger partial charge in [0.2, 0.25) is 0 Å². The van der Waals surface area contributed by atoms with Crippen molar-refractivity contribution >= 4 is 35.3 Å². The molecule has 1 N–H and O–H groups in total. The minimum absolute atomic E-state index is 0.129. The van der Waals surface area contributed by atoms with Gasteiger partial charge in [-0.3, -0.25) is 25.0 Å². The number of imide groups is 2. The topological polar surface area (TPSA) is 123 Å². The summed E-state index contributed by atoms with van der Waals surface area (Å²) in [6.45, 7) is 0. The number of nitrogens with zero attached hydrogens (tertiary/aromatic N) is 2. The minimum atomic E-state index is -0.860. The number of rotatable bonds is 4. The van der Waals surface area contributed by atoms with Gasteiger partial charge < -0.3 is 4.42 Å². The fourth-order valence-electron chi connectivity index (χ4n) is 3.03. The number of barbiturate groups is 1. The van der Waals surface area contributed by atoms with Crippen molar-refractivity contribution < 1.29 is 23.7 Å². The van der Waals surface area contributed by atoms with Crippen LogP contribution in [0.25, 0.3) is 17.4 Å². The van der Waals surface area contributed by atoms with Crippen LogP contribution in [0.4, 0.5) is 16.2 Å². The summed E-state index contributed by atoms with van der Waals surface area (Å²) in [5.74, 6) is -1.34. The standard InChI is InChI=1S/C21H13N3O6/c25-19-16(20(26)23(21(27)22-19)13-6-2-1-3-7-13)12-14-10-11-18(30-14)15-8-4-5-9-17(15)24(28)29/h1-12H,(H,22,25,27). The van der Waals surface area contributed by atoms with E-state index in [0.717, 1.165) is 4.90 Å². The molecule has 0 unspecified atom stereocenters. The Bertz CT molecular complexity index is 1210. The third-order valence-corrected chi connectivity index (χ3v) is 4.40. The molecule has 1 aliphatic heterocycles. The minimum Gasteiger partial charge on any atom is -0.456 e. The highest BCUT2D eigenvalue weighted by Crippen LogP contribution is 2.31. The molecule has 3 aromatic rings. The van der Waals surface area contributed by atoms with Gasteiger partial charge in [-0.15, -0.1) is 0 Å². The second kappa shape index (κ2) is 7.47. The number of nitro groups is 1. The highest BCUT2D eigenvalue weighted by molar-refractivity contribution is 6.39. The Hall–Kier alpha value is -4.53. The maximum Gasteiger partial charge on any atom is 0.335 e. The third-order valence-electron chi connectivity index (χ3n) is 4.40. The Labute approximate surface area is 169 Å². The molecule has 2 heterocycles. The molecular weight excluding hydrogens is 390 g/mol. The predicted molar refractivity (Wildman–Crippen MR) is 106 cm³/mol. The highest BCUT2D eigenvalue weighted by atomic mass is 16.6. The number of amides is 4. The number of nitrogens with one attached hydrogen (secondary N) is 1. The van der Waals surface area contributed by atoms with Gasteiger partial charge in [0.15, 0.2) is 0 Å². The summed E-state index contributed by atoms with van der Waals surface area (Å²) in [5, 5.41) is 13.3. The molecule has 4 rings (SSSR count). The summed E-state index contributed by atoms with van der Waals surface area (Å²) in [5.41, 5.74) is 0.117. The van der Waals surface area contributed by atoms with E-state index in [1.807, 2.05) is 0 Å². The quantitative estimate of drug-likeness (QED) is 0.308. The van der Waals surface area contributed by atoms with E-state index in [2.05, 4.69) is 5.32 Å². The van der Waals surface area contributed by atoms with Gasteiger partial charge in [0.25, 0.3) is 17.5 Å². The van der Waals surface area contributed by atoms with E-state index in [1.165, 1.54) is 36.4 Å². The lowest BCUT2D eigenvalue weighted by atomic mass is 10.1. The molecule has 2 aromatic carbocycles. The van der Waals surface area contributed by atoms with Crippen molar-refractivity contribution in [3.05, 3.63) is 88.2 Å². The van der Waals surface area contributed by atoms with E-state index >= 15 is 0 Å². The summed E-state index contributed by atoms with van der Waals surface area (Å²) >= 11 is 0. The van der Waals surface area contributed by atoms with Crippen molar-refractivity contribution in [1.82, 2.24) is 5.32 Å². The number of benzene rings is 2. The van der Waals surface area contributed by atoms with Gasteiger partial charge >= 0.3 is 6.03 Å². The average Bonchev–Trinajstić information content (AvgIpc) is 3.20. The van der Waals surface area contributed by atoms with Crippen molar-refractivity contribution in [3.63, 3.8) is 0 Å². The van der Waals surface area contributed by atoms with Crippen LogP contribution >= 0.6 is 0 Å². The van der Waals surface area contributed by atoms with Gasteiger partial charge in [0.05, 0.1) is 16.2 Å². The zero-order chi connectivity index (χ0) is 21.3. The zero-order valence-corrected chi connectivity index (χ0v) is 15.3. The molecule has 0 bridgehead atoms. The van der Waals surface area contributed by atoms with Crippen LogP contribution in [-0.2, 0) is 9.59 Å². The smallest absolute Gasteiger partial charge is 0.335 e. The Morgan fingerprint density at radius 2 is 1.63 bits per heavy atom. The maximum atomic E-state index is 12.8. The number of nitro benzene ring substituents is 1. The van der Waals surface area contributed by atoms with Crippen LogP contribution in [0, 0.1) is 10.1 Å². The molecule has 0 aliphatic carbocycles. The molecule has 9 heteroatoms. The molecule has 0 spiro atoms. The van der Waals surface area contributed by atoms with Crippen LogP contribution in [0.3, 0.4) is 0 Å². The van der Waals surface area contributed by atoms with Crippen molar-refractivity contribution in [3.8, 4) is 11.3 Å². The first kappa shape index (κ1) is 18.8. The lowest BCUT2D eigenvalue weighted by molar-refractivity contribution is -0.384. The number of furan rings is 1. The van der Waals surface area contributed by atoms with Crippen molar-refractivity contribution in [2.45, 2.75) is 0 Å². The Morgan fingerprint density at radius 1 is 0.933 bits per heavy atom. The van der Waals surface area contributed by atoms with Crippen LogP contribution in [0.2, 0.25) is 0 Å². The summed E-state index contributed by atoms with van der Waals surface area (Å²) in [4.78, 5) is 48.8. The molecule has 148 valence electrons. The first-order valence-corrected chi connectivity index (χ1v) is 8.76. The van der Waals surface area contributed by atoms with E-state index in [-0.39, 0.29) is 28.3 Å². The van der Waals surface area contributed by atoms with Gasteiger partial charge in [-0.25, -0.2) is 9.69 Å². The lowest BCUT2D eigenvalue weighted by Gasteiger charge is -2.26. The van der Waals surface area contributed by atoms with Gasteiger partial charge in [0, 0.05) is 6.07 Å². The second-order valence-corrected chi connectivity index (χ2v) is 6.27. The van der Waals surface area contributed by atoms with Gasteiger partial charge in [0.1, 0.15) is 17.1 Å². The lowest BCUT2D eigenvalue weighted by Crippen LogP contribution is -2.54. The van der Waals surface area contributed by atoms with Crippen LogP contribution < -0.4 is 10.2 Å². The number of carbonyl (C=O) groups is 3. The van der Waals surface area contributed by atoms with Crippen molar-refractivity contribution in [1.29, 1.82) is 0 Å². The first-order valence-electron chi connectivity index (χ1n) is 8.76. The number of hydrogen-bond donors (Lipinski definition) is 1. The molecule has 1 aliphatic rings. The Morgan fingerprint density at radius 3 is 2.37 bits per heavy atom. The van der Waals surface area contributed by atoms with Crippen LogP contribution in [0.5, 0.6) is 0 Å². The second-order valence-electron chi connectivity index (χ2n) is 6.27. The largest absolute Gasteiger partial charge is 0.456 e. The fourth-order valence-corrected chi connectivity index (χ4v) is 3.03.